The summed E-state index contributed by atoms with van der Waals surface area (Å²) in [5, 5.41) is 25.5. The molecule has 0 fully saturated rings. The van der Waals surface area contributed by atoms with Gasteiger partial charge in [-0.25, -0.2) is 4.79 Å². The lowest BCUT2D eigenvalue weighted by Crippen LogP contribution is -2.51. The van der Waals surface area contributed by atoms with Crippen LogP contribution in [0.15, 0.2) is 48.5 Å². The molecule has 3 rings (SSSR count). The Balaban J connectivity index is 1.81. The number of hydrogen-bond acceptors (Lipinski definition) is 5. The summed E-state index contributed by atoms with van der Waals surface area (Å²) < 4.78 is 0. The standard InChI is InChI=1S/C16H14N4O5/c21-14(22)9-17-15(23)10-5-7-11(8-6-10)19-16(24)18-12-3-1-2-4-13(12)20(19)25/h1-8,25H,9H2,(H,17,23)(H,18,24)(H,21,22). The van der Waals surface area contributed by atoms with Gasteiger partial charge in [-0.2, -0.15) is 10.2 Å². The van der Waals surface area contributed by atoms with Crippen molar-refractivity contribution in [3.63, 3.8) is 0 Å². The Hall–Kier alpha value is -3.59. The molecule has 1 aliphatic rings. The van der Waals surface area contributed by atoms with E-state index in [1.165, 1.54) is 24.3 Å². The number of amides is 3. The number of hydrazine groups is 1. The van der Waals surface area contributed by atoms with Gasteiger partial charge in [0.15, 0.2) is 0 Å². The lowest BCUT2D eigenvalue weighted by Gasteiger charge is -2.36. The van der Waals surface area contributed by atoms with Crippen molar-refractivity contribution in [2.24, 2.45) is 0 Å². The first-order chi connectivity index (χ1) is 12.0. The fraction of sp³-hybridized carbons (Fsp3) is 0.0625. The smallest absolute Gasteiger partial charge is 0.347 e. The molecule has 2 aromatic carbocycles. The van der Waals surface area contributed by atoms with Gasteiger partial charge in [-0.1, -0.05) is 12.1 Å². The molecule has 0 aromatic heterocycles. The third-order valence-electron chi connectivity index (χ3n) is 3.52. The van der Waals surface area contributed by atoms with Crippen LogP contribution in [0.5, 0.6) is 0 Å². The predicted molar refractivity (Wildman–Crippen MR) is 88.6 cm³/mol. The van der Waals surface area contributed by atoms with Gasteiger partial charge >= 0.3 is 12.0 Å². The predicted octanol–water partition coefficient (Wildman–Crippen LogP) is 1.66. The fourth-order valence-corrected chi connectivity index (χ4v) is 2.35. The number of benzene rings is 2. The summed E-state index contributed by atoms with van der Waals surface area (Å²) in [5.41, 5.74) is 1.41. The Morgan fingerprint density at radius 2 is 1.76 bits per heavy atom. The monoisotopic (exact) mass is 342 g/mol. The number of carbonyl (C=O) groups is 3. The maximum absolute atomic E-state index is 12.2. The highest BCUT2D eigenvalue weighted by Gasteiger charge is 2.30. The van der Waals surface area contributed by atoms with Crippen LogP contribution < -0.4 is 20.8 Å². The minimum absolute atomic E-state index is 0.229. The molecule has 0 saturated heterocycles. The van der Waals surface area contributed by atoms with Gasteiger partial charge in [-0.05, 0) is 36.4 Å². The SMILES string of the molecule is O=C(O)CNC(=O)c1ccc(N2C(=O)Nc3ccccc3N2O)cc1. The number of carboxylic acid groups (broad SMARTS) is 1. The second-order valence-corrected chi connectivity index (χ2v) is 5.17. The molecule has 0 saturated carbocycles. The average molecular weight is 342 g/mol. The number of anilines is 3. The summed E-state index contributed by atoms with van der Waals surface area (Å²) in [6.45, 7) is -0.490. The summed E-state index contributed by atoms with van der Waals surface area (Å²) in [7, 11) is 0. The van der Waals surface area contributed by atoms with Crippen LogP contribution in [0, 0.1) is 0 Å². The molecule has 0 bridgehead atoms. The molecule has 0 radical (unpaired) electrons. The molecule has 128 valence electrons. The number of nitrogens with zero attached hydrogens (tertiary/aromatic N) is 2. The highest BCUT2D eigenvalue weighted by Crippen LogP contribution is 2.32. The summed E-state index contributed by atoms with van der Waals surface area (Å²) in [6, 6.07) is 11.9. The molecule has 4 N–H and O–H groups in total. The molecule has 0 atom stereocenters. The Morgan fingerprint density at radius 3 is 2.44 bits per heavy atom. The van der Waals surface area contributed by atoms with Crippen LogP contribution in [-0.2, 0) is 4.79 Å². The summed E-state index contributed by atoms with van der Waals surface area (Å²) in [4.78, 5) is 34.5. The zero-order valence-corrected chi connectivity index (χ0v) is 12.8. The highest BCUT2D eigenvalue weighted by molar-refractivity contribution is 6.08. The van der Waals surface area contributed by atoms with Crippen LogP contribution >= 0.6 is 0 Å². The van der Waals surface area contributed by atoms with E-state index in [9.17, 15) is 19.6 Å². The van der Waals surface area contributed by atoms with Crippen molar-refractivity contribution >= 4 is 35.0 Å². The zero-order valence-electron chi connectivity index (χ0n) is 12.8. The Bertz CT molecular complexity index is 837. The van der Waals surface area contributed by atoms with E-state index in [1.807, 2.05) is 0 Å². The number of carboxylic acids is 1. The molecular formula is C16H14N4O5. The first-order valence-electron chi connectivity index (χ1n) is 7.26. The lowest BCUT2D eigenvalue weighted by molar-refractivity contribution is -0.135. The minimum atomic E-state index is -1.15. The van der Waals surface area contributed by atoms with Crippen molar-refractivity contribution in [2.75, 3.05) is 22.0 Å². The number of hydrogen-bond donors (Lipinski definition) is 4. The molecule has 9 heteroatoms. The van der Waals surface area contributed by atoms with Crippen LogP contribution in [0.25, 0.3) is 0 Å². The van der Waals surface area contributed by atoms with Crippen molar-refractivity contribution in [3.05, 3.63) is 54.1 Å². The summed E-state index contributed by atoms with van der Waals surface area (Å²) in [6.07, 6.45) is 0. The number of para-hydroxylation sites is 2. The number of rotatable bonds is 4. The van der Waals surface area contributed by atoms with E-state index in [4.69, 9.17) is 5.11 Å². The minimum Gasteiger partial charge on any atom is -0.480 e. The zero-order chi connectivity index (χ0) is 18.0. The molecule has 0 aliphatic carbocycles. The molecule has 2 aromatic rings. The maximum Gasteiger partial charge on any atom is 0.347 e. The molecule has 1 heterocycles. The van der Waals surface area contributed by atoms with E-state index in [2.05, 4.69) is 10.6 Å². The Labute approximate surface area is 142 Å². The molecule has 25 heavy (non-hydrogen) atoms. The number of urea groups is 1. The van der Waals surface area contributed by atoms with Gasteiger partial charge in [-0.15, -0.1) is 0 Å². The van der Waals surface area contributed by atoms with E-state index < -0.39 is 24.5 Å². The Morgan fingerprint density at radius 1 is 1.08 bits per heavy atom. The first-order valence-corrected chi connectivity index (χ1v) is 7.26. The number of fused-ring (bicyclic) bond motifs is 1. The van der Waals surface area contributed by atoms with Gasteiger partial charge in [0.05, 0.1) is 11.4 Å². The highest BCUT2D eigenvalue weighted by atomic mass is 16.6. The van der Waals surface area contributed by atoms with Crippen molar-refractivity contribution < 1.29 is 24.7 Å². The van der Waals surface area contributed by atoms with E-state index >= 15 is 0 Å². The molecule has 3 amide bonds. The van der Waals surface area contributed by atoms with Gasteiger partial charge in [0.2, 0.25) is 0 Å². The first kappa shape index (κ1) is 16.3. The van der Waals surface area contributed by atoms with Gasteiger partial charge in [-0.3, -0.25) is 14.8 Å². The lowest BCUT2D eigenvalue weighted by atomic mass is 10.2. The Kier molecular flexibility index (Phi) is 4.23. The van der Waals surface area contributed by atoms with Crippen LogP contribution in [-0.4, -0.2) is 34.8 Å². The third-order valence-corrected chi connectivity index (χ3v) is 3.52. The quantitative estimate of drug-likeness (QED) is 0.670. The van der Waals surface area contributed by atoms with Gasteiger partial charge < -0.3 is 15.7 Å². The van der Waals surface area contributed by atoms with E-state index in [-0.39, 0.29) is 5.56 Å². The van der Waals surface area contributed by atoms with Gasteiger partial charge in [0.1, 0.15) is 12.2 Å². The van der Waals surface area contributed by atoms with Crippen molar-refractivity contribution in [2.45, 2.75) is 0 Å². The van der Waals surface area contributed by atoms with Crippen LogP contribution in [0.3, 0.4) is 0 Å². The molecular weight excluding hydrogens is 328 g/mol. The van der Waals surface area contributed by atoms with Crippen molar-refractivity contribution in [1.29, 1.82) is 0 Å². The van der Waals surface area contributed by atoms with Gasteiger partial charge in [0, 0.05) is 5.56 Å². The summed E-state index contributed by atoms with van der Waals surface area (Å²) >= 11 is 0. The van der Waals surface area contributed by atoms with Crippen LogP contribution in [0.2, 0.25) is 0 Å². The largest absolute Gasteiger partial charge is 0.480 e. The molecule has 9 nitrogen and oxygen atoms in total. The second-order valence-electron chi connectivity index (χ2n) is 5.17. The second kappa shape index (κ2) is 6.49. The maximum atomic E-state index is 12.2. The molecule has 1 aliphatic heterocycles. The molecule has 0 spiro atoms. The number of aliphatic carboxylic acids is 1. The van der Waals surface area contributed by atoms with E-state index in [0.717, 1.165) is 5.01 Å². The van der Waals surface area contributed by atoms with Crippen molar-refractivity contribution in [3.8, 4) is 0 Å². The van der Waals surface area contributed by atoms with Crippen molar-refractivity contribution in [1.82, 2.24) is 5.32 Å². The fourth-order valence-electron chi connectivity index (χ4n) is 2.35. The van der Waals surface area contributed by atoms with Crippen LogP contribution in [0.1, 0.15) is 10.4 Å². The molecule has 0 unspecified atom stereocenters. The average Bonchev–Trinajstić information content (AvgIpc) is 2.60. The topological polar surface area (TPSA) is 122 Å². The third kappa shape index (κ3) is 3.21. The van der Waals surface area contributed by atoms with E-state index in [1.54, 1.807) is 24.3 Å². The number of nitrogens with one attached hydrogen (secondary N) is 2. The van der Waals surface area contributed by atoms with Gasteiger partial charge in [0.25, 0.3) is 5.91 Å². The van der Waals surface area contributed by atoms with Crippen LogP contribution in [0.4, 0.5) is 21.9 Å². The van der Waals surface area contributed by atoms with E-state index in [0.29, 0.717) is 22.2 Å². The normalized spacial score (nSPS) is 13.1. The number of carbonyl (C=O) groups excluding carboxylic acids is 2. The summed E-state index contributed by atoms with van der Waals surface area (Å²) in [5.74, 6) is -1.70.